The molecule has 2 aromatic carbocycles. The van der Waals surface area contributed by atoms with Crippen molar-refractivity contribution in [2.75, 3.05) is 18.5 Å². The van der Waals surface area contributed by atoms with E-state index in [-0.39, 0.29) is 16.4 Å². The van der Waals surface area contributed by atoms with Crippen LogP contribution in [0.4, 0.5) is 15.8 Å². The zero-order chi connectivity index (χ0) is 18.2. The van der Waals surface area contributed by atoms with Gasteiger partial charge in [-0.3, -0.25) is 10.1 Å². The number of nitrogens with zero attached hydrogens (tertiary/aromatic N) is 2. The largest absolute Gasteiger partial charge is 0.361 e. The molecule has 0 aromatic heterocycles. The molecule has 0 radical (unpaired) electrons. The molecule has 0 saturated heterocycles. The molecule has 1 aliphatic rings. The Labute approximate surface area is 144 Å². The summed E-state index contributed by atoms with van der Waals surface area (Å²) in [7, 11) is -2.52. The molecule has 3 rings (SSSR count). The quantitative estimate of drug-likeness (QED) is 0.662. The van der Waals surface area contributed by atoms with Gasteiger partial charge in [-0.1, -0.05) is 6.07 Å². The second-order valence-corrected chi connectivity index (χ2v) is 7.59. The van der Waals surface area contributed by atoms with Crippen molar-refractivity contribution in [3.8, 4) is 0 Å². The Morgan fingerprint density at radius 3 is 2.64 bits per heavy atom. The van der Waals surface area contributed by atoms with Crippen molar-refractivity contribution in [2.24, 2.45) is 0 Å². The number of anilines is 1. The summed E-state index contributed by atoms with van der Waals surface area (Å²) in [5.74, 6) is -0.306. The Morgan fingerprint density at radius 2 is 1.96 bits per heavy atom. The van der Waals surface area contributed by atoms with Gasteiger partial charge in [-0.05, 0) is 48.9 Å². The highest BCUT2D eigenvalue weighted by atomic mass is 32.2. The molecule has 0 atom stereocenters. The van der Waals surface area contributed by atoms with Crippen molar-refractivity contribution in [2.45, 2.75) is 17.9 Å². The van der Waals surface area contributed by atoms with Crippen LogP contribution in [0.3, 0.4) is 0 Å². The molecule has 1 heterocycles. The van der Waals surface area contributed by atoms with E-state index in [2.05, 4.69) is 4.72 Å². The van der Waals surface area contributed by atoms with E-state index in [1.807, 2.05) is 0 Å². The van der Waals surface area contributed by atoms with Crippen molar-refractivity contribution in [1.82, 2.24) is 4.72 Å². The first-order valence-electron chi connectivity index (χ1n) is 7.56. The number of nitro benzene ring substituents is 1. The first kappa shape index (κ1) is 17.3. The van der Waals surface area contributed by atoms with E-state index in [1.165, 1.54) is 31.3 Å². The standard InChI is InChI=1S/C16H16FN3O4S/c1-18-25(23,24)14-4-5-15(16(9-14)20(21)22)19-7-6-11-8-13(17)3-2-12(11)10-19/h2-5,8-9,18H,6-7,10H2,1H3. The highest BCUT2D eigenvalue weighted by Gasteiger charge is 2.26. The Balaban J connectivity index is 2.00. The molecule has 0 fully saturated rings. The summed E-state index contributed by atoms with van der Waals surface area (Å²) in [5, 5.41) is 11.4. The summed E-state index contributed by atoms with van der Waals surface area (Å²) >= 11 is 0. The lowest BCUT2D eigenvalue weighted by atomic mass is 9.99. The van der Waals surface area contributed by atoms with Gasteiger partial charge in [-0.25, -0.2) is 17.5 Å². The molecule has 1 N–H and O–H groups in total. The molecule has 132 valence electrons. The third-order valence-electron chi connectivity index (χ3n) is 4.24. The van der Waals surface area contributed by atoms with Crippen LogP contribution in [-0.4, -0.2) is 26.9 Å². The van der Waals surface area contributed by atoms with Gasteiger partial charge < -0.3 is 4.90 Å². The topological polar surface area (TPSA) is 92.6 Å². The maximum absolute atomic E-state index is 13.3. The lowest BCUT2D eigenvalue weighted by Crippen LogP contribution is -2.31. The van der Waals surface area contributed by atoms with E-state index in [1.54, 1.807) is 11.0 Å². The monoisotopic (exact) mass is 365 g/mol. The van der Waals surface area contributed by atoms with Gasteiger partial charge in [0.2, 0.25) is 10.0 Å². The van der Waals surface area contributed by atoms with E-state index < -0.39 is 14.9 Å². The molecule has 0 amide bonds. The molecule has 9 heteroatoms. The van der Waals surface area contributed by atoms with Crippen LogP contribution >= 0.6 is 0 Å². The summed E-state index contributed by atoms with van der Waals surface area (Å²) in [6.45, 7) is 0.879. The van der Waals surface area contributed by atoms with Gasteiger partial charge >= 0.3 is 0 Å². The molecule has 0 saturated carbocycles. The molecule has 0 aliphatic carbocycles. The Hall–Kier alpha value is -2.52. The average molecular weight is 365 g/mol. The van der Waals surface area contributed by atoms with E-state index >= 15 is 0 Å². The van der Waals surface area contributed by atoms with Crippen molar-refractivity contribution in [1.29, 1.82) is 0 Å². The van der Waals surface area contributed by atoms with E-state index in [4.69, 9.17) is 0 Å². The number of halogens is 1. The number of fused-ring (bicyclic) bond motifs is 1. The van der Waals surface area contributed by atoms with Crippen LogP contribution in [0.5, 0.6) is 0 Å². The maximum atomic E-state index is 13.3. The van der Waals surface area contributed by atoms with Crippen LogP contribution in [0.1, 0.15) is 11.1 Å². The summed E-state index contributed by atoms with van der Waals surface area (Å²) in [5.41, 5.74) is 1.85. The van der Waals surface area contributed by atoms with Gasteiger partial charge in [0, 0.05) is 19.2 Å². The highest BCUT2D eigenvalue weighted by Crippen LogP contribution is 2.34. The second kappa shape index (κ2) is 6.41. The van der Waals surface area contributed by atoms with E-state index in [0.717, 1.165) is 17.2 Å². The van der Waals surface area contributed by atoms with Gasteiger partial charge in [0.05, 0.1) is 9.82 Å². The Morgan fingerprint density at radius 1 is 1.20 bits per heavy atom. The van der Waals surface area contributed by atoms with Gasteiger partial charge in [-0.15, -0.1) is 0 Å². The molecule has 25 heavy (non-hydrogen) atoms. The number of benzene rings is 2. The number of rotatable bonds is 4. The van der Waals surface area contributed by atoms with Gasteiger partial charge in [0.1, 0.15) is 11.5 Å². The van der Waals surface area contributed by atoms with Crippen molar-refractivity contribution in [3.05, 3.63) is 63.5 Å². The van der Waals surface area contributed by atoms with Crippen LogP contribution < -0.4 is 9.62 Å². The number of nitrogens with one attached hydrogen (secondary N) is 1. The van der Waals surface area contributed by atoms with Crippen LogP contribution in [0.2, 0.25) is 0 Å². The lowest BCUT2D eigenvalue weighted by molar-refractivity contribution is -0.384. The zero-order valence-electron chi connectivity index (χ0n) is 13.4. The summed E-state index contributed by atoms with van der Waals surface area (Å²) in [4.78, 5) is 12.5. The van der Waals surface area contributed by atoms with E-state index in [9.17, 15) is 22.9 Å². The lowest BCUT2D eigenvalue weighted by Gasteiger charge is -2.30. The molecule has 0 spiro atoms. The maximum Gasteiger partial charge on any atom is 0.293 e. The van der Waals surface area contributed by atoms with Gasteiger partial charge in [0.15, 0.2) is 0 Å². The van der Waals surface area contributed by atoms with Crippen molar-refractivity contribution in [3.63, 3.8) is 0 Å². The normalized spacial score (nSPS) is 14.2. The zero-order valence-corrected chi connectivity index (χ0v) is 14.2. The minimum Gasteiger partial charge on any atom is -0.361 e. The minimum absolute atomic E-state index is 0.162. The van der Waals surface area contributed by atoms with E-state index in [0.29, 0.717) is 25.2 Å². The smallest absolute Gasteiger partial charge is 0.293 e. The first-order valence-corrected chi connectivity index (χ1v) is 9.04. The van der Waals surface area contributed by atoms with Crippen LogP contribution in [0.15, 0.2) is 41.3 Å². The van der Waals surface area contributed by atoms with Crippen molar-refractivity contribution >= 4 is 21.4 Å². The average Bonchev–Trinajstić information content (AvgIpc) is 2.60. The minimum atomic E-state index is -3.77. The Bertz CT molecular complexity index is 946. The Kier molecular flexibility index (Phi) is 4.44. The third kappa shape index (κ3) is 3.33. The van der Waals surface area contributed by atoms with Gasteiger partial charge in [0.25, 0.3) is 5.69 Å². The van der Waals surface area contributed by atoms with Crippen LogP contribution in [0, 0.1) is 15.9 Å². The number of hydrogen-bond acceptors (Lipinski definition) is 5. The molecule has 1 aliphatic heterocycles. The molecule has 0 bridgehead atoms. The molecular weight excluding hydrogens is 349 g/mol. The second-order valence-electron chi connectivity index (χ2n) is 5.70. The van der Waals surface area contributed by atoms with Crippen LogP contribution in [0.25, 0.3) is 0 Å². The fourth-order valence-corrected chi connectivity index (χ4v) is 3.68. The predicted molar refractivity (Wildman–Crippen MR) is 90.5 cm³/mol. The molecule has 7 nitrogen and oxygen atoms in total. The fraction of sp³-hybridized carbons (Fsp3) is 0.250. The first-order chi connectivity index (χ1) is 11.8. The van der Waals surface area contributed by atoms with Gasteiger partial charge in [-0.2, -0.15) is 0 Å². The summed E-state index contributed by atoms with van der Waals surface area (Å²) in [6, 6.07) is 8.35. The number of sulfonamides is 1. The predicted octanol–water partition coefficient (Wildman–Crippen LogP) is 2.20. The van der Waals surface area contributed by atoms with Crippen molar-refractivity contribution < 1.29 is 17.7 Å². The third-order valence-corrected chi connectivity index (χ3v) is 5.66. The molecule has 0 unspecified atom stereocenters. The fourth-order valence-electron chi connectivity index (χ4n) is 2.93. The molecular formula is C16H16FN3O4S. The number of hydrogen-bond donors (Lipinski definition) is 1. The summed E-state index contributed by atoms with van der Waals surface area (Å²) < 4.78 is 39.2. The SMILES string of the molecule is CNS(=O)(=O)c1ccc(N2CCc3cc(F)ccc3C2)c([N+](=O)[O-])c1. The van der Waals surface area contributed by atoms with Crippen LogP contribution in [-0.2, 0) is 23.0 Å². The highest BCUT2D eigenvalue weighted by molar-refractivity contribution is 7.89. The summed E-state index contributed by atoms with van der Waals surface area (Å²) in [6.07, 6.45) is 0.556. The number of nitro groups is 1. The molecule has 2 aromatic rings.